The van der Waals surface area contributed by atoms with Crippen LogP contribution in [0.5, 0.6) is 0 Å². The van der Waals surface area contributed by atoms with Gasteiger partial charge in [-0.25, -0.2) is 4.98 Å². The van der Waals surface area contributed by atoms with E-state index < -0.39 is 0 Å². The molecule has 2 bridgehead atoms. The molecule has 0 unspecified atom stereocenters. The fraction of sp³-hybridized carbons (Fsp3) is 0.667. The molecule has 3 rings (SSSR count). The summed E-state index contributed by atoms with van der Waals surface area (Å²) in [5.74, 6) is 1.36. The Morgan fingerprint density at radius 1 is 1.23 bits per heavy atom. The first-order chi connectivity index (χ1) is 10.4. The van der Waals surface area contributed by atoms with Gasteiger partial charge in [-0.05, 0) is 29.9 Å². The quantitative estimate of drug-likeness (QED) is 0.842. The third kappa shape index (κ3) is 2.71. The number of piperazine rings is 1. The molecule has 2 aliphatic rings. The monoisotopic (exact) mass is 301 g/mol. The third-order valence-electron chi connectivity index (χ3n) is 5.01. The molecule has 22 heavy (non-hydrogen) atoms. The molecule has 4 heteroatoms. The van der Waals surface area contributed by atoms with Crippen molar-refractivity contribution in [3.05, 3.63) is 23.9 Å². The predicted molar refractivity (Wildman–Crippen MR) is 89.1 cm³/mol. The van der Waals surface area contributed by atoms with Crippen molar-refractivity contribution in [1.29, 1.82) is 0 Å². The van der Waals surface area contributed by atoms with E-state index in [9.17, 15) is 4.79 Å². The van der Waals surface area contributed by atoms with Gasteiger partial charge in [0.2, 0.25) is 5.91 Å². The summed E-state index contributed by atoms with van der Waals surface area (Å²) in [4.78, 5) is 21.3. The van der Waals surface area contributed by atoms with Crippen molar-refractivity contribution < 1.29 is 4.79 Å². The minimum atomic E-state index is 0.136. The van der Waals surface area contributed by atoms with E-state index in [2.05, 4.69) is 47.7 Å². The molecule has 0 N–H and O–H groups in total. The van der Waals surface area contributed by atoms with Crippen molar-refractivity contribution in [2.45, 2.75) is 64.5 Å². The molecule has 120 valence electrons. The van der Waals surface area contributed by atoms with Gasteiger partial charge in [0.25, 0.3) is 0 Å². The molecule has 0 spiro atoms. The summed E-state index contributed by atoms with van der Waals surface area (Å²) < 4.78 is 0. The molecule has 4 nitrogen and oxygen atoms in total. The molecule has 0 aromatic carbocycles. The molecule has 1 amide bonds. The van der Waals surface area contributed by atoms with Crippen LogP contribution in [-0.2, 0) is 10.2 Å². The average Bonchev–Trinajstić information content (AvgIpc) is 2.75. The van der Waals surface area contributed by atoms with Gasteiger partial charge in [0.05, 0.1) is 0 Å². The van der Waals surface area contributed by atoms with E-state index in [1.165, 1.54) is 5.56 Å². The Bertz CT molecular complexity index is 532. The number of hydrogen-bond donors (Lipinski definition) is 0. The maximum Gasteiger partial charge on any atom is 0.222 e. The Kier molecular flexibility index (Phi) is 3.87. The number of hydrogen-bond acceptors (Lipinski definition) is 3. The van der Waals surface area contributed by atoms with E-state index in [4.69, 9.17) is 0 Å². The van der Waals surface area contributed by atoms with Crippen LogP contribution in [0, 0.1) is 0 Å². The Morgan fingerprint density at radius 3 is 2.32 bits per heavy atom. The third-order valence-corrected chi connectivity index (χ3v) is 5.01. The first kappa shape index (κ1) is 15.3. The Balaban J connectivity index is 1.75. The molecule has 0 saturated carbocycles. The lowest BCUT2D eigenvalue weighted by molar-refractivity contribution is -0.134. The number of fused-ring (bicyclic) bond motifs is 2. The van der Waals surface area contributed by atoms with Crippen LogP contribution >= 0.6 is 0 Å². The van der Waals surface area contributed by atoms with Gasteiger partial charge in [-0.1, -0.05) is 33.8 Å². The van der Waals surface area contributed by atoms with Gasteiger partial charge in [-0.2, -0.15) is 0 Å². The largest absolute Gasteiger partial charge is 0.352 e. The van der Waals surface area contributed by atoms with Crippen molar-refractivity contribution in [3.8, 4) is 0 Å². The van der Waals surface area contributed by atoms with Gasteiger partial charge >= 0.3 is 0 Å². The lowest BCUT2D eigenvalue weighted by atomic mass is 9.88. The summed E-state index contributed by atoms with van der Waals surface area (Å²) >= 11 is 0. The van der Waals surface area contributed by atoms with Crippen molar-refractivity contribution in [2.75, 3.05) is 18.0 Å². The lowest BCUT2D eigenvalue weighted by Gasteiger charge is -2.41. The van der Waals surface area contributed by atoms with Gasteiger partial charge in [-0.15, -0.1) is 0 Å². The Hall–Kier alpha value is -1.58. The fourth-order valence-electron chi connectivity index (χ4n) is 3.70. The molecule has 2 atom stereocenters. The maximum absolute atomic E-state index is 12.1. The van der Waals surface area contributed by atoms with Crippen LogP contribution in [0.15, 0.2) is 18.3 Å². The summed E-state index contributed by atoms with van der Waals surface area (Å²) in [6, 6.07) is 5.07. The second-order valence-electron chi connectivity index (χ2n) is 7.60. The fourth-order valence-corrected chi connectivity index (χ4v) is 3.70. The highest BCUT2D eigenvalue weighted by atomic mass is 16.2. The highest BCUT2D eigenvalue weighted by Crippen LogP contribution is 2.33. The van der Waals surface area contributed by atoms with Crippen LogP contribution < -0.4 is 4.90 Å². The molecule has 2 aliphatic heterocycles. The molecule has 2 saturated heterocycles. The van der Waals surface area contributed by atoms with Gasteiger partial charge < -0.3 is 9.80 Å². The van der Waals surface area contributed by atoms with Crippen LogP contribution in [0.2, 0.25) is 0 Å². The molecule has 3 heterocycles. The van der Waals surface area contributed by atoms with Crippen LogP contribution in [0.4, 0.5) is 5.82 Å². The first-order valence-corrected chi connectivity index (χ1v) is 8.43. The lowest BCUT2D eigenvalue weighted by Crippen LogP contribution is -2.56. The molecule has 1 aromatic rings. The number of carbonyl (C=O) groups is 1. The van der Waals surface area contributed by atoms with Crippen molar-refractivity contribution in [2.24, 2.45) is 0 Å². The highest BCUT2D eigenvalue weighted by molar-refractivity contribution is 5.77. The van der Waals surface area contributed by atoms with E-state index in [0.29, 0.717) is 24.4 Å². The van der Waals surface area contributed by atoms with Crippen molar-refractivity contribution in [3.63, 3.8) is 0 Å². The molecular formula is C18H27N3O. The Labute approximate surface area is 133 Å². The zero-order chi connectivity index (χ0) is 15.9. The summed E-state index contributed by atoms with van der Waals surface area (Å²) in [7, 11) is 0. The number of aromatic nitrogens is 1. The topological polar surface area (TPSA) is 36.4 Å². The van der Waals surface area contributed by atoms with Gasteiger partial charge in [0.1, 0.15) is 5.82 Å². The second kappa shape index (κ2) is 5.56. The van der Waals surface area contributed by atoms with E-state index in [1.54, 1.807) is 0 Å². The first-order valence-electron chi connectivity index (χ1n) is 8.43. The van der Waals surface area contributed by atoms with E-state index in [-0.39, 0.29) is 5.41 Å². The SMILES string of the molecule is CCC(=O)N1[C@@H]2CC[C@H]1CN(c1ccc(C(C)(C)C)cn1)C2. The summed E-state index contributed by atoms with van der Waals surface area (Å²) in [6.07, 6.45) is 4.88. The standard InChI is InChI=1S/C18H27N3O/c1-5-17(22)21-14-7-8-15(21)12-20(11-14)16-9-6-13(10-19-16)18(2,3)4/h6,9-10,14-15H,5,7-8,11-12H2,1-4H3/t14-,15+. The van der Waals surface area contributed by atoms with Crippen LogP contribution in [0.3, 0.4) is 0 Å². The summed E-state index contributed by atoms with van der Waals surface area (Å²) in [5.41, 5.74) is 1.40. The zero-order valence-corrected chi connectivity index (χ0v) is 14.2. The highest BCUT2D eigenvalue weighted by Gasteiger charge is 2.42. The van der Waals surface area contributed by atoms with Gasteiger partial charge in [0.15, 0.2) is 0 Å². The van der Waals surface area contributed by atoms with Crippen LogP contribution in [0.25, 0.3) is 0 Å². The number of pyridine rings is 1. The van der Waals surface area contributed by atoms with Crippen LogP contribution in [-0.4, -0.2) is 41.0 Å². The molecule has 0 radical (unpaired) electrons. The van der Waals surface area contributed by atoms with E-state index in [0.717, 1.165) is 31.7 Å². The number of rotatable bonds is 2. The Morgan fingerprint density at radius 2 is 1.86 bits per heavy atom. The van der Waals surface area contributed by atoms with Gasteiger partial charge in [-0.3, -0.25) is 4.79 Å². The predicted octanol–water partition coefficient (Wildman–Crippen LogP) is 2.97. The number of carbonyl (C=O) groups excluding carboxylic acids is 1. The van der Waals surface area contributed by atoms with E-state index >= 15 is 0 Å². The van der Waals surface area contributed by atoms with Crippen molar-refractivity contribution >= 4 is 11.7 Å². The maximum atomic E-state index is 12.1. The average molecular weight is 301 g/mol. The van der Waals surface area contributed by atoms with Crippen molar-refractivity contribution in [1.82, 2.24) is 9.88 Å². The summed E-state index contributed by atoms with van der Waals surface area (Å²) in [6.45, 7) is 10.4. The number of nitrogens with zero attached hydrogens (tertiary/aromatic N) is 3. The molecular weight excluding hydrogens is 274 g/mol. The zero-order valence-electron chi connectivity index (χ0n) is 14.2. The minimum absolute atomic E-state index is 0.136. The molecule has 2 fully saturated rings. The normalized spacial score (nSPS) is 24.7. The summed E-state index contributed by atoms with van der Waals surface area (Å²) in [5, 5.41) is 0. The second-order valence-corrected chi connectivity index (χ2v) is 7.60. The van der Waals surface area contributed by atoms with E-state index in [1.807, 2.05) is 13.1 Å². The smallest absolute Gasteiger partial charge is 0.222 e. The molecule has 1 aromatic heterocycles. The van der Waals surface area contributed by atoms with Gasteiger partial charge in [0, 0.05) is 37.8 Å². The minimum Gasteiger partial charge on any atom is -0.352 e. The molecule has 0 aliphatic carbocycles. The van der Waals surface area contributed by atoms with Crippen LogP contribution in [0.1, 0.15) is 52.5 Å². The number of amides is 1. The number of anilines is 1.